The minimum atomic E-state index is -0.0592. The van der Waals surface area contributed by atoms with Gasteiger partial charge in [-0.25, -0.2) is 0 Å². The maximum absolute atomic E-state index is 9.64. The van der Waals surface area contributed by atoms with E-state index in [-0.39, 0.29) is 21.2 Å². The van der Waals surface area contributed by atoms with Crippen LogP contribution >= 0.6 is 0 Å². The number of halogens is 1. The molecule has 1 aromatic carbocycles. The summed E-state index contributed by atoms with van der Waals surface area (Å²) in [6.45, 7) is 2.11. The molecule has 0 fully saturated rings. The standard InChI is InChI=1S/C11H10IO/c1-8-11(10(13)7-12-8)9-5-3-2-4-6-9/h2-7,13H,1H3/q-1. The third-order valence-electron chi connectivity index (χ3n) is 1.98. The monoisotopic (exact) mass is 285 g/mol. The molecule has 0 aromatic heterocycles. The Hall–Kier alpha value is -0.770. The van der Waals surface area contributed by atoms with Gasteiger partial charge in [0.05, 0.1) is 0 Å². The van der Waals surface area contributed by atoms with Crippen molar-refractivity contribution in [3.63, 3.8) is 0 Å². The van der Waals surface area contributed by atoms with Crippen molar-refractivity contribution in [1.82, 2.24) is 0 Å². The predicted molar refractivity (Wildman–Crippen MR) is 49.7 cm³/mol. The second-order valence-electron chi connectivity index (χ2n) is 2.88. The number of rotatable bonds is 1. The van der Waals surface area contributed by atoms with E-state index in [1.807, 2.05) is 34.4 Å². The Bertz CT molecular complexity index is 376. The van der Waals surface area contributed by atoms with Gasteiger partial charge in [0.25, 0.3) is 0 Å². The molecule has 0 spiro atoms. The van der Waals surface area contributed by atoms with Crippen LogP contribution in [0.15, 0.2) is 43.8 Å². The molecule has 1 aliphatic heterocycles. The van der Waals surface area contributed by atoms with Crippen molar-refractivity contribution in [1.29, 1.82) is 0 Å². The van der Waals surface area contributed by atoms with Crippen LogP contribution in [0.3, 0.4) is 0 Å². The number of aliphatic hydroxyl groups is 1. The van der Waals surface area contributed by atoms with Gasteiger partial charge in [-0.05, 0) is 0 Å². The summed E-state index contributed by atoms with van der Waals surface area (Å²) in [6.07, 6.45) is 0. The van der Waals surface area contributed by atoms with Crippen molar-refractivity contribution >= 4 is 5.57 Å². The van der Waals surface area contributed by atoms with Gasteiger partial charge in [0.2, 0.25) is 0 Å². The summed E-state index contributed by atoms with van der Waals surface area (Å²) in [5.41, 5.74) is 2.18. The average Bonchev–Trinajstić information content (AvgIpc) is 2.48. The molecule has 13 heavy (non-hydrogen) atoms. The van der Waals surface area contributed by atoms with Crippen molar-refractivity contribution in [2.45, 2.75) is 6.92 Å². The number of hydrogen-bond acceptors (Lipinski definition) is 1. The first kappa shape index (κ1) is 8.81. The summed E-state index contributed by atoms with van der Waals surface area (Å²) in [5.74, 6) is 0.469. The van der Waals surface area contributed by atoms with Crippen LogP contribution in [0, 0.1) is 0 Å². The Balaban J connectivity index is 2.48. The van der Waals surface area contributed by atoms with Crippen molar-refractivity contribution in [3.05, 3.63) is 49.3 Å². The normalized spacial score (nSPS) is 16.8. The van der Waals surface area contributed by atoms with Gasteiger partial charge in [0.15, 0.2) is 0 Å². The zero-order valence-corrected chi connectivity index (χ0v) is 9.45. The predicted octanol–water partition coefficient (Wildman–Crippen LogP) is -0.0804. The zero-order valence-electron chi connectivity index (χ0n) is 7.29. The summed E-state index contributed by atoms with van der Waals surface area (Å²) in [5, 5.41) is 9.64. The molecule has 1 heterocycles. The summed E-state index contributed by atoms with van der Waals surface area (Å²) < 4.78 is 3.32. The summed E-state index contributed by atoms with van der Waals surface area (Å²) in [4.78, 5) is 0. The van der Waals surface area contributed by atoms with Crippen LogP contribution in [0.5, 0.6) is 0 Å². The molecule has 2 rings (SSSR count). The first-order valence-corrected chi connectivity index (χ1v) is 6.40. The van der Waals surface area contributed by atoms with Crippen LogP contribution in [0.4, 0.5) is 0 Å². The van der Waals surface area contributed by atoms with Crippen LogP contribution in [0.2, 0.25) is 0 Å². The Kier molecular flexibility index (Phi) is 2.40. The van der Waals surface area contributed by atoms with E-state index in [0.29, 0.717) is 5.76 Å². The van der Waals surface area contributed by atoms with Gasteiger partial charge in [-0.1, -0.05) is 0 Å². The molecule has 0 atom stereocenters. The fourth-order valence-electron chi connectivity index (χ4n) is 1.37. The van der Waals surface area contributed by atoms with E-state index in [4.69, 9.17) is 0 Å². The Morgan fingerprint density at radius 1 is 1.15 bits per heavy atom. The van der Waals surface area contributed by atoms with Gasteiger partial charge in [-0.3, -0.25) is 0 Å². The van der Waals surface area contributed by atoms with E-state index >= 15 is 0 Å². The zero-order chi connectivity index (χ0) is 9.26. The van der Waals surface area contributed by atoms with Crippen LogP contribution < -0.4 is 21.2 Å². The molecule has 0 unspecified atom stereocenters. The molecule has 68 valence electrons. The maximum atomic E-state index is 9.64. The summed E-state index contributed by atoms with van der Waals surface area (Å²) in [6, 6.07) is 10.1. The Morgan fingerprint density at radius 2 is 1.85 bits per heavy atom. The van der Waals surface area contributed by atoms with Gasteiger partial charge in [-0.2, -0.15) is 0 Å². The molecular weight excluding hydrogens is 275 g/mol. The molecule has 1 nitrogen and oxygen atoms in total. The molecular formula is C11H10IO-. The molecule has 0 radical (unpaired) electrons. The second kappa shape index (κ2) is 3.54. The van der Waals surface area contributed by atoms with Crippen molar-refractivity contribution < 1.29 is 26.3 Å². The molecule has 2 heteroatoms. The van der Waals surface area contributed by atoms with Gasteiger partial charge < -0.3 is 0 Å². The topological polar surface area (TPSA) is 20.2 Å². The van der Waals surface area contributed by atoms with Crippen LogP contribution in [0.1, 0.15) is 12.5 Å². The first-order valence-electron chi connectivity index (χ1n) is 4.08. The van der Waals surface area contributed by atoms with E-state index in [1.54, 1.807) is 0 Å². The molecule has 1 aromatic rings. The van der Waals surface area contributed by atoms with Gasteiger partial charge in [0, 0.05) is 0 Å². The molecule has 0 aliphatic carbocycles. The first-order chi connectivity index (χ1) is 6.29. The summed E-state index contributed by atoms with van der Waals surface area (Å²) in [7, 11) is 0. The van der Waals surface area contributed by atoms with Crippen LogP contribution in [-0.2, 0) is 0 Å². The summed E-state index contributed by atoms with van der Waals surface area (Å²) >= 11 is -0.0592. The molecule has 0 saturated carbocycles. The Morgan fingerprint density at radius 3 is 2.38 bits per heavy atom. The van der Waals surface area contributed by atoms with Gasteiger partial charge >= 0.3 is 88.1 Å². The van der Waals surface area contributed by atoms with E-state index in [1.165, 1.54) is 3.58 Å². The van der Waals surface area contributed by atoms with Crippen molar-refractivity contribution in [2.75, 3.05) is 0 Å². The molecule has 1 aliphatic rings. The van der Waals surface area contributed by atoms with Gasteiger partial charge in [0.1, 0.15) is 0 Å². The van der Waals surface area contributed by atoms with Crippen molar-refractivity contribution in [2.24, 2.45) is 0 Å². The third-order valence-corrected chi connectivity index (χ3v) is 4.36. The molecule has 0 saturated heterocycles. The fraction of sp³-hybridized carbons (Fsp3) is 0.0909. The van der Waals surface area contributed by atoms with E-state index in [2.05, 4.69) is 6.92 Å². The quantitative estimate of drug-likeness (QED) is 0.716. The third kappa shape index (κ3) is 1.63. The number of aliphatic hydroxyl groups excluding tert-OH is 1. The molecule has 0 bridgehead atoms. The Labute approximate surface area is 88.1 Å². The van der Waals surface area contributed by atoms with E-state index in [9.17, 15) is 5.11 Å². The molecule has 0 amide bonds. The SMILES string of the molecule is CC1=C(c2ccccc2)C(O)=C[I-]1. The number of hydrogen-bond donors (Lipinski definition) is 1. The fourth-order valence-corrected chi connectivity index (χ4v) is 3.34. The molecule has 1 N–H and O–H groups in total. The number of benzene rings is 1. The van der Waals surface area contributed by atoms with E-state index < -0.39 is 0 Å². The number of allylic oxidation sites excluding steroid dienone is 2. The minimum absolute atomic E-state index is 0.0592. The average molecular weight is 285 g/mol. The van der Waals surface area contributed by atoms with Gasteiger partial charge in [-0.15, -0.1) is 0 Å². The van der Waals surface area contributed by atoms with Crippen molar-refractivity contribution in [3.8, 4) is 0 Å². The second-order valence-corrected chi connectivity index (χ2v) is 5.74. The van der Waals surface area contributed by atoms with Crippen LogP contribution in [0.25, 0.3) is 5.57 Å². The van der Waals surface area contributed by atoms with Crippen LogP contribution in [-0.4, -0.2) is 5.11 Å². The van der Waals surface area contributed by atoms with E-state index in [0.717, 1.165) is 11.1 Å².